The average Bonchev–Trinajstić information content (AvgIpc) is 2.27. The van der Waals surface area contributed by atoms with Crippen LogP contribution in [0.3, 0.4) is 0 Å². The summed E-state index contributed by atoms with van der Waals surface area (Å²) >= 11 is 5.86. The largest absolute Gasteiger partial charge is 0.416 e. The first-order chi connectivity index (χ1) is 8.38. The zero-order chi connectivity index (χ0) is 13.8. The van der Waals surface area contributed by atoms with Crippen molar-refractivity contribution in [2.24, 2.45) is 5.73 Å². The van der Waals surface area contributed by atoms with E-state index < -0.39 is 17.8 Å². The first-order valence-corrected chi connectivity index (χ1v) is 6.37. The molecule has 0 unspecified atom stereocenters. The number of halogens is 4. The molecule has 1 rings (SSSR count). The lowest BCUT2D eigenvalue weighted by Crippen LogP contribution is -2.18. The minimum Gasteiger partial charge on any atom is -0.324 e. The molecular formula is C13H17ClF3N. The molecule has 2 N–H and O–H groups in total. The van der Waals surface area contributed by atoms with Gasteiger partial charge in [0.15, 0.2) is 0 Å². The second kappa shape index (κ2) is 6.43. The molecule has 0 fully saturated rings. The molecule has 0 spiro atoms. The van der Waals surface area contributed by atoms with Crippen LogP contribution >= 0.6 is 11.6 Å². The summed E-state index contributed by atoms with van der Waals surface area (Å²) in [6, 6.07) is 3.11. The molecule has 1 aromatic carbocycles. The van der Waals surface area contributed by atoms with Crippen LogP contribution in [0, 0.1) is 0 Å². The Bertz CT molecular complexity index is 390. The topological polar surface area (TPSA) is 26.0 Å². The minimum absolute atomic E-state index is 0.0165. The maximum atomic E-state index is 12.9. The molecule has 0 aliphatic carbocycles. The van der Waals surface area contributed by atoms with Crippen molar-refractivity contribution >= 4 is 11.6 Å². The SMILES string of the molecule is CCCCC[C@H](N)c1c(Cl)cccc1C(F)(F)F. The zero-order valence-corrected chi connectivity index (χ0v) is 11.0. The van der Waals surface area contributed by atoms with Gasteiger partial charge in [0.05, 0.1) is 5.56 Å². The van der Waals surface area contributed by atoms with Crippen molar-refractivity contribution in [1.29, 1.82) is 0 Å². The van der Waals surface area contributed by atoms with Crippen LogP contribution in [0.15, 0.2) is 18.2 Å². The molecule has 0 amide bonds. The van der Waals surface area contributed by atoms with Crippen LogP contribution in [0.25, 0.3) is 0 Å². The van der Waals surface area contributed by atoms with Gasteiger partial charge in [-0.05, 0) is 24.1 Å². The second-order valence-electron chi connectivity index (χ2n) is 4.30. The fourth-order valence-electron chi connectivity index (χ4n) is 1.92. The molecule has 0 aliphatic rings. The van der Waals surface area contributed by atoms with Gasteiger partial charge in [-0.2, -0.15) is 13.2 Å². The number of nitrogens with two attached hydrogens (primary N) is 1. The normalized spacial score (nSPS) is 13.7. The van der Waals surface area contributed by atoms with Gasteiger partial charge in [-0.25, -0.2) is 0 Å². The summed E-state index contributed by atoms with van der Waals surface area (Å²) in [7, 11) is 0. The van der Waals surface area contributed by atoms with Gasteiger partial charge in [0.25, 0.3) is 0 Å². The number of alkyl halides is 3. The van der Waals surface area contributed by atoms with Crippen LogP contribution in [0.4, 0.5) is 13.2 Å². The first-order valence-electron chi connectivity index (χ1n) is 5.99. The smallest absolute Gasteiger partial charge is 0.324 e. The molecule has 1 aromatic rings. The van der Waals surface area contributed by atoms with E-state index in [1.807, 2.05) is 6.92 Å². The van der Waals surface area contributed by atoms with Gasteiger partial charge in [0.2, 0.25) is 0 Å². The van der Waals surface area contributed by atoms with Crippen molar-refractivity contribution in [2.75, 3.05) is 0 Å². The lowest BCUT2D eigenvalue weighted by Gasteiger charge is -2.19. The first kappa shape index (κ1) is 15.3. The number of unbranched alkanes of at least 4 members (excludes halogenated alkanes) is 2. The third-order valence-corrected chi connectivity index (χ3v) is 3.18. The Balaban J connectivity index is 2.99. The van der Waals surface area contributed by atoms with Crippen molar-refractivity contribution in [2.45, 2.75) is 44.8 Å². The number of benzene rings is 1. The number of hydrogen-bond acceptors (Lipinski definition) is 1. The molecule has 0 saturated heterocycles. The van der Waals surface area contributed by atoms with Crippen LogP contribution in [0.5, 0.6) is 0 Å². The van der Waals surface area contributed by atoms with Gasteiger partial charge in [-0.3, -0.25) is 0 Å². The fourth-order valence-corrected chi connectivity index (χ4v) is 2.23. The molecule has 1 nitrogen and oxygen atoms in total. The Hall–Kier alpha value is -0.740. The maximum Gasteiger partial charge on any atom is 0.416 e. The maximum absolute atomic E-state index is 12.9. The minimum atomic E-state index is -4.41. The van der Waals surface area contributed by atoms with E-state index in [2.05, 4.69) is 0 Å². The molecule has 1 atom stereocenters. The van der Waals surface area contributed by atoms with E-state index >= 15 is 0 Å². The molecule has 0 saturated carbocycles. The summed E-state index contributed by atoms with van der Waals surface area (Å²) in [5.74, 6) is 0. The van der Waals surface area contributed by atoms with E-state index in [0.29, 0.717) is 6.42 Å². The van der Waals surface area contributed by atoms with Gasteiger partial charge in [-0.15, -0.1) is 0 Å². The van der Waals surface area contributed by atoms with Crippen LogP contribution in [0.1, 0.15) is 49.8 Å². The summed E-state index contributed by atoms with van der Waals surface area (Å²) in [4.78, 5) is 0. The van der Waals surface area contributed by atoms with Gasteiger partial charge < -0.3 is 5.73 Å². The van der Waals surface area contributed by atoms with E-state index in [4.69, 9.17) is 17.3 Å². The molecule has 18 heavy (non-hydrogen) atoms. The summed E-state index contributed by atoms with van der Waals surface area (Å²) in [5, 5.41) is 0.0915. The molecule has 0 aliphatic heterocycles. The highest BCUT2D eigenvalue weighted by atomic mass is 35.5. The Kier molecular flexibility index (Phi) is 5.47. The Morgan fingerprint density at radius 2 is 1.94 bits per heavy atom. The van der Waals surface area contributed by atoms with Crippen molar-refractivity contribution < 1.29 is 13.2 Å². The highest BCUT2D eigenvalue weighted by Crippen LogP contribution is 2.38. The van der Waals surface area contributed by atoms with E-state index in [0.717, 1.165) is 25.3 Å². The molecule has 0 heterocycles. The molecule has 0 radical (unpaired) electrons. The van der Waals surface area contributed by atoms with Gasteiger partial charge in [0, 0.05) is 11.1 Å². The Morgan fingerprint density at radius 3 is 2.50 bits per heavy atom. The average molecular weight is 280 g/mol. The lowest BCUT2D eigenvalue weighted by molar-refractivity contribution is -0.138. The fraction of sp³-hybridized carbons (Fsp3) is 0.538. The number of rotatable bonds is 5. The third kappa shape index (κ3) is 3.89. The molecular weight excluding hydrogens is 263 g/mol. The molecule has 102 valence electrons. The summed E-state index contributed by atoms with van der Waals surface area (Å²) in [6.07, 6.45) is -1.13. The molecule has 0 aromatic heterocycles. The predicted molar refractivity (Wildman–Crippen MR) is 67.5 cm³/mol. The second-order valence-corrected chi connectivity index (χ2v) is 4.71. The van der Waals surface area contributed by atoms with Crippen molar-refractivity contribution in [3.63, 3.8) is 0 Å². The standard InChI is InChI=1S/C13H17ClF3N/c1-2-3-4-8-11(18)12-9(13(15,16)17)6-5-7-10(12)14/h5-7,11H,2-4,8,18H2,1H3/t11-/m0/s1. The third-order valence-electron chi connectivity index (χ3n) is 2.85. The quantitative estimate of drug-likeness (QED) is 0.759. The van der Waals surface area contributed by atoms with E-state index in [1.165, 1.54) is 12.1 Å². The van der Waals surface area contributed by atoms with Crippen LogP contribution in [0.2, 0.25) is 5.02 Å². The highest BCUT2D eigenvalue weighted by molar-refractivity contribution is 6.31. The van der Waals surface area contributed by atoms with Gasteiger partial charge in [-0.1, -0.05) is 43.9 Å². The van der Waals surface area contributed by atoms with E-state index in [9.17, 15) is 13.2 Å². The van der Waals surface area contributed by atoms with Gasteiger partial charge >= 0.3 is 6.18 Å². The predicted octanol–water partition coefficient (Wildman–Crippen LogP) is 4.94. The van der Waals surface area contributed by atoms with Gasteiger partial charge in [0.1, 0.15) is 0 Å². The Labute approximate surface area is 110 Å². The summed E-state index contributed by atoms with van der Waals surface area (Å²) in [5.41, 5.74) is 5.14. The summed E-state index contributed by atoms with van der Waals surface area (Å²) < 4.78 is 38.6. The zero-order valence-electron chi connectivity index (χ0n) is 10.2. The van der Waals surface area contributed by atoms with E-state index in [1.54, 1.807) is 0 Å². The van der Waals surface area contributed by atoms with Crippen LogP contribution in [-0.4, -0.2) is 0 Å². The van der Waals surface area contributed by atoms with Crippen molar-refractivity contribution in [3.8, 4) is 0 Å². The summed E-state index contributed by atoms with van der Waals surface area (Å²) in [6.45, 7) is 2.03. The van der Waals surface area contributed by atoms with Crippen molar-refractivity contribution in [3.05, 3.63) is 34.3 Å². The van der Waals surface area contributed by atoms with Crippen LogP contribution < -0.4 is 5.73 Å². The molecule has 0 bridgehead atoms. The van der Waals surface area contributed by atoms with E-state index in [-0.39, 0.29) is 10.6 Å². The molecule has 5 heteroatoms. The highest BCUT2D eigenvalue weighted by Gasteiger charge is 2.35. The van der Waals surface area contributed by atoms with Crippen molar-refractivity contribution in [1.82, 2.24) is 0 Å². The monoisotopic (exact) mass is 279 g/mol. The Morgan fingerprint density at radius 1 is 1.28 bits per heavy atom. The lowest BCUT2D eigenvalue weighted by atomic mass is 9.96. The number of hydrogen-bond donors (Lipinski definition) is 1. The van der Waals surface area contributed by atoms with Crippen LogP contribution in [-0.2, 0) is 6.18 Å².